The Kier molecular flexibility index (Phi) is 6.70. The SMILES string of the molecule is CCCC[C@H]1S/C(=N/N=C\c2ccco2)N(Cc2ccc(OC)cc2)C1=O. The molecule has 1 amide bonds. The molecule has 0 spiro atoms. The summed E-state index contributed by atoms with van der Waals surface area (Å²) in [4.78, 5) is 14.6. The molecular formula is C20H23N3O3S. The van der Waals surface area contributed by atoms with E-state index in [9.17, 15) is 4.79 Å². The summed E-state index contributed by atoms with van der Waals surface area (Å²) < 4.78 is 10.4. The number of carbonyl (C=O) groups is 1. The number of amidine groups is 1. The Morgan fingerprint density at radius 1 is 1.30 bits per heavy atom. The Morgan fingerprint density at radius 2 is 2.11 bits per heavy atom. The molecule has 7 heteroatoms. The monoisotopic (exact) mass is 385 g/mol. The smallest absolute Gasteiger partial charge is 0.242 e. The van der Waals surface area contributed by atoms with Gasteiger partial charge in [-0.15, -0.1) is 5.10 Å². The molecule has 0 N–H and O–H groups in total. The van der Waals surface area contributed by atoms with Crippen molar-refractivity contribution >= 4 is 29.1 Å². The van der Waals surface area contributed by atoms with Crippen molar-refractivity contribution in [3.05, 3.63) is 54.0 Å². The van der Waals surface area contributed by atoms with Gasteiger partial charge in [0.15, 0.2) is 5.17 Å². The van der Waals surface area contributed by atoms with E-state index in [1.54, 1.807) is 36.6 Å². The fourth-order valence-electron chi connectivity index (χ4n) is 2.72. The number of unbranched alkanes of at least 4 members (excludes halogenated alkanes) is 1. The van der Waals surface area contributed by atoms with E-state index in [0.717, 1.165) is 30.6 Å². The summed E-state index contributed by atoms with van der Waals surface area (Å²) in [6, 6.07) is 11.3. The maximum atomic E-state index is 12.9. The highest BCUT2D eigenvalue weighted by Gasteiger charge is 2.37. The van der Waals surface area contributed by atoms with Crippen LogP contribution in [0.4, 0.5) is 0 Å². The Bertz CT molecular complexity index is 800. The third kappa shape index (κ3) is 5.01. The minimum atomic E-state index is -0.0965. The Labute approximate surface area is 163 Å². The zero-order valence-corrected chi connectivity index (χ0v) is 16.3. The number of carbonyl (C=O) groups excluding carboxylic acids is 1. The fourth-order valence-corrected chi connectivity index (χ4v) is 3.86. The van der Waals surface area contributed by atoms with Crippen LogP contribution in [0.1, 0.15) is 37.5 Å². The van der Waals surface area contributed by atoms with Gasteiger partial charge in [-0.3, -0.25) is 9.69 Å². The molecule has 6 nitrogen and oxygen atoms in total. The summed E-state index contributed by atoms with van der Waals surface area (Å²) in [6.07, 6.45) is 6.05. The predicted octanol–water partition coefficient (Wildman–Crippen LogP) is 4.31. The normalized spacial score (nSPS) is 18.7. The second-order valence-corrected chi connectivity index (χ2v) is 7.33. The summed E-state index contributed by atoms with van der Waals surface area (Å²) in [5.74, 6) is 1.51. The third-order valence-corrected chi connectivity index (χ3v) is 5.45. The lowest BCUT2D eigenvalue weighted by molar-refractivity contribution is -0.126. The maximum Gasteiger partial charge on any atom is 0.242 e. The van der Waals surface area contributed by atoms with Crippen molar-refractivity contribution in [1.29, 1.82) is 0 Å². The molecular weight excluding hydrogens is 362 g/mol. The lowest BCUT2D eigenvalue weighted by Gasteiger charge is -2.16. The fraction of sp³-hybridized carbons (Fsp3) is 0.350. The Morgan fingerprint density at radius 3 is 2.78 bits per heavy atom. The van der Waals surface area contributed by atoms with Gasteiger partial charge in [0, 0.05) is 0 Å². The third-order valence-electron chi connectivity index (χ3n) is 4.21. The molecule has 0 radical (unpaired) electrons. The molecule has 1 atom stereocenters. The van der Waals surface area contributed by atoms with Crippen LogP contribution in [-0.4, -0.2) is 34.5 Å². The van der Waals surface area contributed by atoms with Crippen LogP contribution in [0.15, 0.2) is 57.3 Å². The molecule has 1 aromatic carbocycles. The van der Waals surface area contributed by atoms with Crippen LogP contribution in [0, 0.1) is 0 Å². The largest absolute Gasteiger partial charge is 0.497 e. The molecule has 1 saturated heterocycles. The van der Waals surface area contributed by atoms with Gasteiger partial charge in [0.05, 0.1) is 31.4 Å². The number of amides is 1. The van der Waals surface area contributed by atoms with Crippen LogP contribution in [0.25, 0.3) is 0 Å². The zero-order chi connectivity index (χ0) is 19.1. The van der Waals surface area contributed by atoms with Gasteiger partial charge in [0.25, 0.3) is 0 Å². The van der Waals surface area contributed by atoms with Crippen LogP contribution in [0.3, 0.4) is 0 Å². The molecule has 0 aliphatic carbocycles. The minimum absolute atomic E-state index is 0.0937. The molecule has 27 heavy (non-hydrogen) atoms. The van der Waals surface area contributed by atoms with Gasteiger partial charge >= 0.3 is 0 Å². The van der Waals surface area contributed by atoms with Gasteiger partial charge in [-0.2, -0.15) is 5.10 Å². The number of furan rings is 1. The molecule has 142 valence electrons. The van der Waals surface area contributed by atoms with Crippen molar-refractivity contribution in [2.24, 2.45) is 10.2 Å². The van der Waals surface area contributed by atoms with Crippen molar-refractivity contribution in [2.75, 3.05) is 7.11 Å². The topological polar surface area (TPSA) is 67.4 Å². The molecule has 3 rings (SSSR count). The Hall–Kier alpha value is -2.54. The van der Waals surface area contributed by atoms with E-state index < -0.39 is 0 Å². The van der Waals surface area contributed by atoms with E-state index in [1.165, 1.54) is 11.8 Å². The molecule has 2 aromatic rings. The van der Waals surface area contributed by atoms with Gasteiger partial charge in [-0.1, -0.05) is 43.7 Å². The molecule has 1 fully saturated rings. The number of nitrogens with zero attached hydrogens (tertiary/aromatic N) is 3. The van der Waals surface area contributed by atoms with Crippen LogP contribution >= 0.6 is 11.8 Å². The van der Waals surface area contributed by atoms with Gasteiger partial charge in [0.1, 0.15) is 11.5 Å². The second kappa shape index (κ2) is 9.41. The molecule has 2 heterocycles. The standard InChI is InChI=1S/C20H23N3O3S/c1-3-4-7-18-19(24)23(14-15-8-10-16(25-2)11-9-15)20(27-18)22-21-13-17-6-5-12-26-17/h5-6,8-13,18H,3-4,7,14H2,1-2H3/b21-13-,22-20+/t18-/m1/s1. The highest BCUT2D eigenvalue weighted by molar-refractivity contribution is 8.15. The summed E-state index contributed by atoms with van der Waals surface area (Å²) in [5, 5.41) is 8.91. The van der Waals surface area contributed by atoms with E-state index in [2.05, 4.69) is 17.1 Å². The van der Waals surface area contributed by atoms with Crippen molar-refractivity contribution in [1.82, 2.24) is 4.90 Å². The number of thioether (sulfide) groups is 1. The number of methoxy groups -OCH3 is 1. The van der Waals surface area contributed by atoms with Crippen molar-refractivity contribution in [3.63, 3.8) is 0 Å². The minimum Gasteiger partial charge on any atom is -0.497 e. The number of hydrogen-bond acceptors (Lipinski definition) is 6. The van der Waals surface area contributed by atoms with Crippen molar-refractivity contribution < 1.29 is 13.9 Å². The molecule has 1 aliphatic rings. The van der Waals surface area contributed by atoms with E-state index in [1.807, 2.05) is 24.3 Å². The molecule has 0 bridgehead atoms. The highest BCUT2D eigenvalue weighted by Crippen LogP contribution is 2.32. The average molecular weight is 385 g/mol. The zero-order valence-electron chi connectivity index (χ0n) is 15.5. The second-order valence-electron chi connectivity index (χ2n) is 6.16. The van der Waals surface area contributed by atoms with Gasteiger partial charge in [0.2, 0.25) is 5.91 Å². The van der Waals surface area contributed by atoms with Crippen LogP contribution in [0.2, 0.25) is 0 Å². The van der Waals surface area contributed by atoms with E-state index in [0.29, 0.717) is 17.5 Å². The molecule has 1 aromatic heterocycles. The first-order chi connectivity index (χ1) is 13.2. The van der Waals surface area contributed by atoms with Crippen molar-refractivity contribution in [2.45, 2.75) is 38.0 Å². The predicted molar refractivity (Wildman–Crippen MR) is 108 cm³/mol. The number of rotatable bonds is 8. The highest BCUT2D eigenvalue weighted by atomic mass is 32.2. The number of hydrogen-bond donors (Lipinski definition) is 0. The van der Waals surface area contributed by atoms with Crippen LogP contribution < -0.4 is 4.74 Å². The molecule has 0 saturated carbocycles. The molecule has 0 unspecified atom stereocenters. The average Bonchev–Trinajstić information content (AvgIpc) is 3.31. The first-order valence-electron chi connectivity index (χ1n) is 8.96. The van der Waals surface area contributed by atoms with Gasteiger partial charge in [-0.25, -0.2) is 0 Å². The van der Waals surface area contributed by atoms with E-state index in [-0.39, 0.29) is 11.2 Å². The van der Waals surface area contributed by atoms with E-state index in [4.69, 9.17) is 9.15 Å². The van der Waals surface area contributed by atoms with Crippen molar-refractivity contribution in [3.8, 4) is 5.75 Å². The quantitative estimate of drug-likeness (QED) is 0.501. The summed E-state index contributed by atoms with van der Waals surface area (Å²) in [6.45, 7) is 2.59. The first kappa shape index (κ1) is 19.2. The maximum absolute atomic E-state index is 12.9. The first-order valence-corrected chi connectivity index (χ1v) is 9.84. The lowest BCUT2D eigenvalue weighted by atomic mass is 10.1. The number of benzene rings is 1. The van der Waals surface area contributed by atoms with Crippen LogP contribution in [0.5, 0.6) is 5.75 Å². The number of ether oxygens (including phenoxy) is 1. The summed E-state index contributed by atoms with van der Waals surface area (Å²) in [7, 11) is 1.63. The lowest BCUT2D eigenvalue weighted by Crippen LogP contribution is -2.31. The summed E-state index contributed by atoms with van der Waals surface area (Å²) >= 11 is 1.49. The summed E-state index contributed by atoms with van der Waals surface area (Å²) in [5.41, 5.74) is 1.02. The van der Waals surface area contributed by atoms with Crippen LogP contribution in [-0.2, 0) is 11.3 Å². The Balaban J connectivity index is 1.77. The van der Waals surface area contributed by atoms with Gasteiger partial charge in [-0.05, 0) is 36.2 Å². The molecule has 1 aliphatic heterocycles. The van der Waals surface area contributed by atoms with E-state index >= 15 is 0 Å². The van der Waals surface area contributed by atoms with Gasteiger partial charge < -0.3 is 9.15 Å².